The van der Waals surface area contributed by atoms with Gasteiger partial charge < -0.3 is 9.64 Å². The van der Waals surface area contributed by atoms with Gasteiger partial charge in [-0.2, -0.15) is 0 Å². The molecule has 1 heterocycles. The summed E-state index contributed by atoms with van der Waals surface area (Å²) < 4.78 is 27.5. The highest BCUT2D eigenvalue weighted by molar-refractivity contribution is 7.91. The van der Waals surface area contributed by atoms with Crippen LogP contribution in [0.5, 0.6) is 0 Å². The van der Waals surface area contributed by atoms with E-state index in [9.17, 15) is 18.0 Å². The van der Waals surface area contributed by atoms with Crippen LogP contribution in [0.4, 0.5) is 4.79 Å². The van der Waals surface area contributed by atoms with Crippen molar-refractivity contribution in [2.24, 2.45) is 5.92 Å². The van der Waals surface area contributed by atoms with Crippen LogP contribution < -0.4 is 0 Å². The molecule has 0 aromatic heterocycles. The minimum absolute atomic E-state index is 0.179. The summed E-state index contributed by atoms with van der Waals surface area (Å²) in [5, 5.41) is 0. The highest BCUT2D eigenvalue weighted by Crippen LogP contribution is 2.19. The molecule has 1 saturated heterocycles. The Hall–Kier alpha value is -1.89. The lowest BCUT2D eigenvalue weighted by Gasteiger charge is -2.16. The predicted octanol–water partition coefficient (Wildman–Crippen LogP) is 1.26. The topological polar surface area (TPSA) is 80.8 Å². The van der Waals surface area contributed by atoms with Crippen LogP contribution in [0, 0.1) is 5.92 Å². The average Bonchev–Trinajstić information content (AvgIpc) is 2.94. The molecular weight excluding hydrogens is 306 g/mol. The molecule has 1 aromatic carbocycles. The number of sulfone groups is 1. The van der Waals surface area contributed by atoms with E-state index < -0.39 is 27.6 Å². The largest absolute Gasteiger partial charge is 0.445 e. The van der Waals surface area contributed by atoms with Crippen LogP contribution in [0.15, 0.2) is 30.3 Å². The molecule has 2 rings (SSSR count). The van der Waals surface area contributed by atoms with Gasteiger partial charge in [-0.1, -0.05) is 30.3 Å². The van der Waals surface area contributed by atoms with E-state index in [2.05, 4.69) is 0 Å². The Bertz CT molecular complexity index is 641. The fourth-order valence-electron chi connectivity index (χ4n) is 2.38. The number of hydrogen-bond acceptors (Lipinski definition) is 5. The monoisotopic (exact) mass is 325 g/mol. The molecule has 1 aliphatic heterocycles. The maximum absolute atomic E-state index is 11.9. The van der Waals surface area contributed by atoms with Gasteiger partial charge in [-0.15, -0.1) is 0 Å². The number of benzene rings is 1. The average molecular weight is 325 g/mol. The SMILES string of the molecule is CS(=O)(=O)CC(=O)C1CCN(C(=O)OCc2ccccc2)C1. The molecule has 1 aliphatic rings. The summed E-state index contributed by atoms with van der Waals surface area (Å²) in [6.45, 7) is 0.813. The molecule has 0 aliphatic carbocycles. The summed E-state index contributed by atoms with van der Waals surface area (Å²) in [4.78, 5) is 25.2. The summed E-state index contributed by atoms with van der Waals surface area (Å²) in [6, 6.07) is 9.31. The molecule has 0 spiro atoms. The molecular formula is C15H19NO5S. The minimum Gasteiger partial charge on any atom is -0.445 e. The molecule has 0 N–H and O–H groups in total. The third kappa shape index (κ3) is 4.84. The molecule has 0 saturated carbocycles. The van der Waals surface area contributed by atoms with Gasteiger partial charge in [0.25, 0.3) is 0 Å². The molecule has 120 valence electrons. The van der Waals surface area contributed by atoms with Crippen molar-refractivity contribution in [1.29, 1.82) is 0 Å². The summed E-state index contributed by atoms with van der Waals surface area (Å²) >= 11 is 0. The number of Topliss-reactive ketones (excluding diaryl/α,β-unsaturated/α-hetero) is 1. The summed E-state index contributed by atoms with van der Waals surface area (Å²) in [7, 11) is -3.33. The van der Waals surface area contributed by atoms with Crippen molar-refractivity contribution in [3.63, 3.8) is 0 Å². The lowest BCUT2D eigenvalue weighted by atomic mass is 10.1. The highest BCUT2D eigenvalue weighted by atomic mass is 32.2. The molecule has 1 unspecified atom stereocenters. The fraction of sp³-hybridized carbons (Fsp3) is 0.467. The molecule has 1 amide bonds. The van der Waals surface area contributed by atoms with Crippen molar-refractivity contribution in [1.82, 2.24) is 4.90 Å². The maximum atomic E-state index is 11.9. The van der Waals surface area contributed by atoms with Crippen LogP contribution in [-0.2, 0) is 26.0 Å². The number of amides is 1. The van der Waals surface area contributed by atoms with Crippen LogP contribution in [0.1, 0.15) is 12.0 Å². The van der Waals surface area contributed by atoms with Gasteiger partial charge in [0.2, 0.25) is 0 Å². The Labute approximate surface area is 130 Å². The second-order valence-corrected chi connectivity index (χ2v) is 7.65. The highest BCUT2D eigenvalue weighted by Gasteiger charge is 2.32. The lowest BCUT2D eigenvalue weighted by molar-refractivity contribution is -0.119. The summed E-state index contributed by atoms with van der Waals surface area (Å²) in [5.41, 5.74) is 0.889. The normalized spacial score (nSPS) is 18.2. The van der Waals surface area contributed by atoms with Crippen molar-refractivity contribution in [2.75, 3.05) is 25.1 Å². The van der Waals surface area contributed by atoms with Crippen LogP contribution in [0.2, 0.25) is 0 Å². The van der Waals surface area contributed by atoms with E-state index in [1.165, 1.54) is 4.90 Å². The van der Waals surface area contributed by atoms with Crippen molar-refractivity contribution < 1.29 is 22.7 Å². The third-order valence-corrected chi connectivity index (χ3v) is 4.32. The first-order chi connectivity index (χ1) is 10.3. The Kier molecular flexibility index (Phi) is 5.18. The summed E-state index contributed by atoms with van der Waals surface area (Å²) in [5.74, 6) is -1.22. The zero-order chi connectivity index (χ0) is 16.2. The molecule has 0 radical (unpaired) electrons. The number of carbonyl (C=O) groups is 2. The van der Waals surface area contributed by atoms with E-state index in [1.54, 1.807) is 0 Å². The molecule has 1 atom stereocenters. The first kappa shape index (κ1) is 16.5. The van der Waals surface area contributed by atoms with Crippen molar-refractivity contribution in [3.8, 4) is 0 Å². The number of hydrogen-bond donors (Lipinski definition) is 0. The van der Waals surface area contributed by atoms with Gasteiger partial charge in [-0.25, -0.2) is 13.2 Å². The van der Waals surface area contributed by atoms with Gasteiger partial charge in [0.1, 0.15) is 12.4 Å². The van der Waals surface area contributed by atoms with Crippen LogP contribution in [0.3, 0.4) is 0 Å². The smallest absolute Gasteiger partial charge is 0.410 e. The minimum atomic E-state index is -3.33. The number of likely N-dealkylation sites (tertiary alicyclic amines) is 1. The zero-order valence-electron chi connectivity index (χ0n) is 12.4. The standard InChI is InChI=1S/C15H19NO5S/c1-22(19,20)11-14(17)13-7-8-16(9-13)15(18)21-10-12-5-3-2-4-6-12/h2-6,13H,7-11H2,1H3. The molecule has 6 nitrogen and oxygen atoms in total. The number of nitrogens with zero attached hydrogens (tertiary/aromatic N) is 1. The maximum Gasteiger partial charge on any atom is 0.410 e. The van der Waals surface area contributed by atoms with Crippen LogP contribution in [-0.4, -0.2) is 50.3 Å². The van der Waals surface area contributed by atoms with Gasteiger partial charge in [0, 0.05) is 25.3 Å². The van der Waals surface area contributed by atoms with Crippen LogP contribution >= 0.6 is 0 Å². The number of carbonyl (C=O) groups excluding carboxylic acids is 2. The number of ether oxygens (including phenoxy) is 1. The Balaban J connectivity index is 1.82. The Morgan fingerprint density at radius 2 is 1.95 bits per heavy atom. The van der Waals surface area contributed by atoms with E-state index in [-0.39, 0.29) is 18.9 Å². The van der Waals surface area contributed by atoms with Gasteiger partial charge >= 0.3 is 6.09 Å². The molecule has 1 aromatic rings. The van der Waals surface area contributed by atoms with Gasteiger partial charge in [-0.3, -0.25) is 4.79 Å². The quantitative estimate of drug-likeness (QED) is 0.814. The van der Waals surface area contributed by atoms with Crippen molar-refractivity contribution in [3.05, 3.63) is 35.9 Å². The predicted molar refractivity (Wildman–Crippen MR) is 81.0 cm³/mol. The number of ketones is 1. The molecule has 1 fully saturated rings. The molecule has 0 bridgehead atoms. The zero-order valence-corrected chi connectivity index (χ0v) is 13.2. The van der Waals surface area contributed by atoms with E-state index in [4.69, 9.17) is 4.74 Å². The van der Waals surface area contributed by atoms with Gasteiger partial charge in [0.05, 0.1) is 0 Å². The molecule has 7 heteroatoms. The first-order valence-electron chi connectivity index (χ1n) is 7.01. The van der Waals surface area contributed by atoms with Gasteiger partial charge in [0.15, 0.2) is 15.6 Å². The van der Waals surface area contributed by atoms with E-state index in [0.29, 0.717) is 13.0 Å². The fourth-order valence-corrected chi connectivity index (χ4v) is 3.13. The Morgan fingerprint density at radius 3 is 2.59 bits per heavy atom. The third-order valence-electron chi connectivity index (χ3n) is 3.51. The second-order valence-electron chi connectivity index (χ2n) is 5.51. The van der Waals surface area contributed by atoms with E-state index >= 15 is 0 Å². The van der Waals surface area contributed by atoms with Gasteiger partial charge in [-0.05, 0) is 12.0 Å². The van der Waals surface area contributed by atoms with E-state index in [1.807, 2.05) is 30.3 Å². The summed E-state index contributed by atoms with van der Waals surface area (Å²) in [6.07, 6.45) is 1.04. The van der Waals surface area contributed by atoms with Crippen LogP contribution in [0.25, 0.3) is 0 Å². The van der Waals surface area contributed by atoms with E-state index in [0.717, 1.165) is 11.8 Å². The van der Waals surface area contributed by atoms with Crippen molar-refractivity contribution >= 4 is 21.7 Å². The second kappa shape index (κ2) is 6.91. The Morgan fingerprint density at radius 1 is 1.27 bits per heavy atom. The number of rotatable bonds is 5. The first-order valence-corrected chi connectivity index (χ1v) is 9.07. The lowest BCUT2D eigenvalue weighted by Crippen LogP contribution is -2.31. The van der Waals surface area contributed by atoms with Crippen molar-refractivity contribution in [2.45, 2.75) is 13.0 Å². The molecule has 22 heavy (non-hydrogen) atoms.